The lowest BCUT2D eigenvalue weighted by atomic mass is 10.2. The fraction of sp³-hybridized carbons (Fsp3) is 0.385. The molecule has 1 N–H and O–H groups in total. The number of alkyl carbamates (subject to hydrolysis) is 1. The van der Waals surface area contributed by atoms with Crippen molar-refractivity contribution < 1.29 is 9.53 Å². The van der Waals surface area contributed by atoms with Gasteiger partial charge >= 0.3 is 6.09 Å². The Kier molecular flexibility index (Phi) is 3.52. The van der Waals surface area contributed by atoms with Crippen LogP contribution in [0.2, 0.25) is 0 Å². The molecule has 1 heterocycles. The number of benzene rings is 1. The van der Waals surface area contributed by atoms with E-state index in [0.29, 0.717) is 6.54 Å². The summed E-state index contributed by atoms with van der Waals surface area (Å²) >= 11 is 1.59. The zero-order valence-electron chi connectivity index (χ0n) is 10.7. The molecule has 4 nitrogen and oxygen atoms in total. The molecule has 0 unspecified atom stereocenters. The lowest BCUT2D eigenvalue weighted by Crippen LogP contribution is -2.32. The quantitative estimate of drug-likeness (QED) is 0.905. The highest BCUT2D eigenvalue weighted by Crippen LogP contribution is 2.19. The molecule has 0 spiro atoms. The summed E-state index contributed by atoms with van der Waals surface area (Å²) in [7, 11) is 0. The Labute approximate surface area is 110 Å². The molecule has 0 aliphatic rings. The van der Waals surface area contributed by atoms with Gasteiger partial charge in [0.1, 0.15) is 5.60 Å². The van der Waals surface area contributed by atoms with Crippen LogP contribution >= 0.6 is 11.3 Å². The normalized spacial score (nSPS) is 11.5. The molecule has 18 heavy (non-hydrogen) atoms. The maximum Gasteiger partial charge on any atom is 0.407 e. The highest BCUT2D eigenvalue weighted by Gasteiger charge is 2.15. The van der Waals surface area contributed by atoms with E-state index in [2.05, 4.69) is 10.3 Å². The first-order valence-corrected chi connectivity index (χ1v) is 6.61. The largest absolute Gasteiger partial charge is 0.444 e. The first-order valence-electron chi connectivity index (χ1n) is 5.73. The van der Waals surface area contributed by atoms with Gasteiger partial charge in [-0.15, -0.1) is 11.3 Å². The van der Waals surface area contributed by atoms with Crippen molar-refractivity contribution in [3.05, 3.63) is 29.3 Å². The van der Waals surface area contributed by atoms with Crippen molar-refractivity contribution in [1.29, 1.82) is 0 Å². The van der Waals surface area contributed by atoms with Gasteiger partial charge < -0.3 is 10.1 Å². The maximum atomic E-state index is 11.5. The Morgan fingerprint density at radius 2 is 2.22 bits per heavy atom. The number of carbonyl (C=O) groups is 1. The third-order valence-electron chi connectivity index (χ3n) is 2.23. The Balaban J connectivity index is 1.95. The fourth-order valence-electron chi connectivity index (χ4n) is 1.50. The van der Waals surface area contributed by atoms with E-state index in [9.17, 15) is 4.79 Å². The van der Waals surface area contributed by atoms with Crippen LogP contribution in [0.15, 0.2) is 23.7 Å². The van der Waals surface area contributed by atoms with Crippen molar-refractivity contribution >= 4 is 27.6 Å². The highest BCUT2D eigenvalue weighted by atomic mass is 32.1. The summed E-state index contributed by atoms with van der Waals surface area (Å²) < 4.78 is 6.30. The minimum Gasteiger partial charge on any atom is -0.444 e. The van der Waals surface area contributed by atoms with Gasteiger partial charge in [-0.2, -0.15) is 0 Å². The second-order valence-electron chi connectivity index (χ2n) is 5.01. The fourth-order valence-corrected chi connectivity index (χ4v) is 2.24. The molecular formula is C13H16N2O2S. The van der Waals surface area contributed by atoms with Gasteiger partial charge in [-0.05, 0) is 38.5 Å². The van der Waals surface area contributed by atoms with Gasteiger partial charge in [0.25, 0.3) is 0 Å². The lowest BCUT2D eigenvalue weighted by molar-refractivity contribution is 0.0523. The SMILES string of the molecule is CC(C)(C)OC(=O)NCc1ccc2ncsc2c1. The van der Waals surface area contributed by atoms with Crippen LogP contribution in [0.4, 0.5) is 4.79 Å². The first-order chi connectivity index (χ1) is 8.44. The summed E-state index contributed by atoms with van der Waals surface area (Å²) in [6.07, 6.45) is -0.396. The Morgan fingerprint density at radius 1 is 1.44 bits per heavy atom. The molecular weight excluding hydrogens is 248 g/mol. The Morgan fingerprint density at radius 3 is 2.94 bits per heavy atom. The van der Waals surface area contributed by atoms with Gasteiger partial charge in [0.2, 0.25) is 0 Å². The van der Waals surface area contributed by atoms with Gasteiger partial charge in [-0.1, -0.05) is 6.07 Å². The minimum atomic E-state index is -0.467. The number of amides is 1. The van der Waals surface area contributed by atoms with Crippen LogP contribution in [0.5, 0.6) is 0 Å². The molecule has 0 fully saturated rings. The predicted molar refractivity (Wildman–Crippen MR) is 72.7 cm³/mol. The van der Waals surface area contributed by atoms with Crippen molar-refractivity contribution in [3.63, 3.8) is 0 Å². The number of rotatable bonds is 2. The third-order valence-corrected chi connectivity index (χ3v) is 3.02. The van der Waals surface area contributed by atoms with E-state index in [1.165, 1.54) is 0 Å². The van der Waals surface area contributed by atoms with Crippen molar-refractivity contribution in [2.45, 2.75) is 32.9 Å². The predicted octanol–water partition coefficient (Wildman–Crippen LogP) is 3.32. The minimum absolute atomic E-state index is 0.396. The highest BCUT2D eigenvalue weighted by molar-refractivity contribution is 7.16. The van der Waals surface area contributed by atoms with E-state index in [1.807, 2.05) is 44.5 Å². The number of hydrogen-bond acceptors (Lipinski definition) is 4. The zero-order valence-corrected chi connectivity index (χ0v) is 11.5. The molecule has 0 atom stereocenters. The summed E-state index contributed by atoms with van der Waals surface area (Å²) in [6.45, 7) is 5.99. The smallest absolute Gasteiger partial charge is 0.407 e. The van der Waals surface area contributed by atoms with Gasteiger partial charge in [0.05, 0.1) is 15.7 Å². The van der Waals surface area contributed by atoms with Crippen LogP contribution in [-0.4, -0.2) is 16.7 Å². The first kappa shape index (κ1) is 12.8. The molecule has 5 heteroatoms. The molecule has 2 aromatic rings. The van der Waals surface area contributed by atoms with Gasteiger partial charge in [0.15, 0.2) is 0 Å². The summed E-state index contributed by atoms with van der Waals surface area (Å²) in [5, 5.41) is 2.74. The van der Waals surface area contributed by atoms with Gasteiger partial charge in [-0.3, -0.25) is 0 Å². The number of nitrogens with zero attached hydrogens (tertiary/aromatic N) is 1. The molecule has 0 saturated carbocycles. The number of fused-ring (bicyclic) bond motifs is 1. The number of aromatic nitrogens is 1. The molecule has 1 amide bonds. The molecule has 0 aliphatic carbocycles. The van der Waals surface area contributed by atoms with Crippen LogP contribution < -0.4 is 5.32 Å². The molecule has 1 aromatic carbocycles. The molecule has 1 aromatic heterocycles. The van der Waals surface area contributed by atoms with Crippen LogP contribution in [0.1, 0.15) is 26.3 Å². The second kappa shape index (κ2) is 4.94. The Hall–Kier alpha value is -1.62. The van der Waals surface area contributed by atoms with Crippen LogP contribution in [0, 0.1) is 0 Å². The van der Waals surface area contributed by atoms with E-state index >= 15 is 0 Å². The zero-order chi connectivity index (χ0) is 13.2. The maximum absolute atomic E-state index is 11.5. The molecule has 0 saturated heterocycles. The van der Waals surface area contributed by atoms with Crippen LogP contribution in [0.25, 0.3) is 10.2 Å². The number of hydrogen-bond donors (Lipinski definition) is 1. The Bertz CT molecular complexity index is 557. The van der Waals surface area contributed by atoms with Crippen molar-refractivity contribution in [2.24, 2.45) is 0 Å². The van der Waals surface area contributed by atoms with Crippen molar-refractivity contribution in [3.8, 4) is 0 Å². The number of ether oxygens (including phenoxy) is 1. The van der Waals surface area contributed by atoms with E-state index in [-0.39, 0.29) is 0 Å². The van der Waals surface area contributed by atoms with E-state index < -0.39 is 11.7 Å². The van der Waals surface area contributed by atoms with Gasteiger partial charge in [-0.25, -0.2) is 9.78 Å². The second-order valence-corrected chi connectivity index (χ2v) is 5.90. The summed E-state index contributed by atoms with van der Waals surface area (Å²) in [4.78, 5) is 15.7. The van der Waals surface area contributed by atoms with E-state index in [1.54, 1.807) is 11.3 Å². The molecule has 0 aliphatic heterocycles. The standard InChI is InChI=1S/C13H16N2O2S/c1-13(2,3)17-12(16)14-7-9-4-5-10-11(6-9)18-8-15-10/h4-6,8H,7H2,1-3H3,(H,14,16). The average molecular weight is 264 g/mol. The molecule has 0 radical (unpaired) electrons. The topological polar surface area (TPSA) is 51.2 Å². The third kappa shape index (κ3) is 3.43. The number of nitrogens with one attached hydrogen (secondary N) is 1. The number of carbonyl (C=O) groups excluding carboxylic acids is 1. The summed E-state index contributed by atoms with van der Waals surface area (Å²) in [5.41, 5.74) is 3.38. The summed E-state index contributed by atoms with van der Waals surface area (Å²) in [6, 6.07) is 5.95. The number of thiazole rings is 1. The summed E-state index contributed by atoms with van der Waals surface area (Å²) in [5.74, 6) is 0. The lowest BCUT2D eigenvalue weighted by Gasteiger charge is -2.19. The van der Waals surface area contributed by atoms with Crippen LogP contribution in [0.3, 0.4) is 0 Å². The van der Waals surface area contributed by atoms with Crippen molar-refractivity contribution in [1.82, 2.24) is 10.3 Å². The van der Waals surface area contributed by atoms with Crippen molar-refractivity contribution in [2.75, 3.05) is 0 Å². The average Bonchev–Trinajstić information content (AvgIpc) is 2.71. The van der Waals surface area contributed by atoms with E-state index in [4.69, 9.17) is 4.74 Å². The van der Waals surface area contributed by atoms with E-state index in [0.717, 1.165) is 15.8 Å². The molecule has 2 rings (SSSR count). The monoisotopic (exact) mass is 264 g/mol. The molecule has 0 bridgehead atoms. The van der Waals surface area contributed by atoms with Crippen LogP contribution in [-0.2, 0) is 11.3 Å². The molecule has 96 valence electrons. The van der Waals surface area contributed by atoms with Gasteiger partial charge in [0, 0.05) is 6.54 Å².